The number of nitrogens with one attached hydrogen (secondary N) is 1. The Morgan fingerprint density at radius 2 is 1.85 bits per heavy atom. The van der Waals surface area contributed by atoms with E-state index in [9.17, 15) is 4.79 Å². The van der Waals surface area contributed by atoms with Gasteiger partial charge in [0.25, 0.3) is 0 Å². The van der Waals surface area contributed by atoms with Gasteiger partial charge in [-0.2, -0.15) is 5.10 Å². The summed E-state index contributed by atoms with van der Waals surface area (Å²) in [5, 5.41) is 8.20. The Hall–Kier alpha value is -3.42. The molecule has 1 aliphatic heterocycles. The molecule has 1 amide bonds. The maximum absolute atomic E-state index is 12.7. The third kappa shape index (κ3) is 3.61. The number of hydrogen-bond acceptors (Lipinski definition) is 6. The first-order valence-electron chi connectivity index (χ1n) is 12.0. The molecule has 178 valence electrons. The first kappa shape index (κ1) is 22.4. The molecule has 1 N–H and O–H groups in total. The van der Waals surface area contributed by atoms with E-state index < -0.39 is 0 Å². The molecule has 8 heteroatoms. The predicted octanol–water partition coefficient (Wildman–Crippen LogP) is 4.69. The average Bonchev–Trinajstić information content (AvgIpc) is 3.59. The Morgan fingerprint density at radius 3 is 2.53 bits per heavy atom. The van der Waals surface area contributed by atoms with Crippen LogP contribution in [0, 0.1) is 13.8 Å². The quantitative estimate of drug-likeness (QED) is 0.596. The molecule has 2 aliphatic rings. The largest absolute Gasteiger partial charge is 0.356 e. The van der Waals surface area contributed by atoms with Crippen molar-refractivity contribution in [3.8, 4) is 11.3 Å². The minimum absolute atomic E-state index is 0.103. The molecule has 34 heavy (non-hydrogen) atoms. The Morgan fingerprint density at radius 1 is 1.12 bits per heavy atom. The molecule has 1 aliphatic carbocycles. The number of anilines is 4. The highest BCUT2D eigenvalue weighted by Gasteiger charge is 2.35. The molecule has 0 radical (unpaired) electrons. The first-order chi connectivity index (χ1) is 16.2. The Labute approximate surface area is 201 Å². The van der Waals surface area contributed by atoms with Crippen LogP contribution in [-0.4, -0.2) is 44.8 Å². The van der Waals surface area contributed by atoms with Crippen LogP contribution < -0.4 is 15.1 Å². The van der Waals surface area contributed by atoms with Gasteiger partial charge >= 0.3 is 0 Å². The lowest BCUT2D eigenvalue weighted by Gasteiger charge is -2.42. The highest BCUT2D eigenvalue weighted by Crippen LogP contribution is 2.45. The highest BCUT2D eigenvalue weighted by molar-refractivity contribution is 6.05. The number of carbonyl (C=O) groups excluding carboxylic acids is 1. The van der Waals surface area contributed by atoms with Crippen LogP contribution in [0.5, 0.6) is 0 Å². The van der Waals surface area contributed by atoms with E-state index in [0.29, 0.717) is 11.9 Å². The van der Waals surface area contributed by atoms with E-state index in [1.807, 2.05) is 44.0 Å². The fourth-order valence-corrected chi connectivity index (χ4v) is 5.00. The molecule has 3 heterocycles. The summed E-state index contributed by atoms with van der Waals surface area (Å²) in [7, 11) is 3.84. The number of carbonyl (C=O) groups is 1. The van der Waals surface area contributed by atoms with Gasteiger partial charge < -0.3 is 15.1 Å². The number of benzene rings is 1. The van der Waals surface area contributed by atoms with E-state index in [4.69, 9.17) is 10.1 Å². The van der Waals surface area contributed by atoms with E-state index >= 15 is 0 Å². The summed E-state index contributed by atoms with van der Waals surface area (Å²) in [6, 6.07) is 6.03. The van der Waals surface area contributed by atoms with Crippen molar-refractivity contribution in [1.29, 1.82) is 0 Å². The van der Waals surface area contributed by atoms with Gasteiger partial charge in [-0.3, -0.25) is 9.48 Å². The maximum Gasteiger partial charge on any atom is 0.249 e. The lowest BCUT2D eigenvalue weighted by Crippen LogP contribution is -2.53. The number of aryl methyl sites for hydroxylation is 2. The fraction of sp³-hybridized carbons (Fsp3) is 0.462. The Kier molecular flexibility index (Phi) is 5.34. The zero-order chi connectivity index (χ0) is 24.3. The van der Waals surface area contributed by atoms with Gasteiger partial charge in [-0.25, -0.2) is 9.97 Å². The summed E-state index contributed by atoms with van der Waals surface area (Å²) < 4.78 is 1.96. The zero-order valence-electron chi connectivity index (χ0n) is 21.0. The van der Waals surface area contributed by atoms with Crippen LogP contribution in [0.2, 0.25) is 0 Å². The van der Waals surface area contributed by atoms with Crippen molar-refractivity contribution in [2.45, 2.75) is 65.5 Å². The second kappa shape index (κ2) is 8.11. The zero-order valence-corrected chi connectivity index (χ0v) is 21.0. The smallest absolute Gasteiger partial charge is 0.249 e. The minimum atomic E-state index is -0.218. The molecule has 1 aromatic carbocycles. The number of nitrogens with zero attached hydrogens (tertiary/aromatic N) is 6. The van der Waals surface area contributed by atoms with Crippen molar-refractivity contribution in [1.82, 2.24) is 19.7 Å². The molecule has 0 saturated heterocycles. The van der Waals surface area contributed by atoms with Crippen LogP contribution in [0.15, 0.2) is 24.4 Å². The van der Waals surface area contributed by atoms with Crippen LogP contribution >= 0.6 is 0 Å². The van der Waals surface area contributed by atoms with Crippen molar-refractivity contribution in [3.05, 3.63) is 41.3 Å². The predicted molar refractivity (Wildman–Crippen MR) is 136 cm³/mol. The third-order valence-corrected chi connectivity index (χ3v) is 7.07. The minimum Gasteiger partial charge on any atom is -0.356 e. The van der Waals surface area contributed by atoms with Crippen molar-refractivity contribution < 1.29 is 4.79 Å². The number of rotatable bonds is 5. The van der Waals surface area contributed by atoms with Crippen molar-refractivity contribution in [2.75, 3.05) is 22.2 Å². The lowest BCUT2D eigenvalue weighted by molar-refractivity contribution is -0.119. The number of aromatic nitrogens is 4. The van der Waals surface area contributed by atoms with Crippen LogP contribution in [0.25, 0.3) is 11.3 Å². The van der Waals surface area contributed by atoms with E-state index in [2.05, 4.69) is 49.0 Å². The summed E-state index contributed by atoms with van der Waals surface area (Å²) in [5.74, 6) is 1.19. The Balaban J connectivity index is 1.52. The van der Waals surface area contributed by atoms with Crippen LogP contribution in [0.1, 0.15) is 56.5 Å². The van der Waals surface area contributed by atoms with Crippen molar-refractivity contribution in [2.24, 2.45) is 7.05 Å². The van der Waals surface area contributed by atoms with Crippen molar-refractivity contribution >= 4 is 28.9 Å². The van der Waals surface area contributed by atoms with E-state index in [0.717, 1.165) is 45.3 Å². The Bertz CT molecular complexity index is 1270. The topological polar surface area (TPSA) is 79.2 Å². The van der Waals surface area contributed by atoms with Gasteiger partial charge in [0.2, 0.25) is 11.9 Å². The molecule has 5 rings (SSSR count). The number of hydrogen-bond donors (Lipinski definition) is 1. The summed E-state index contributed by atoms with van der Waals surface area (Å²) in [4.78, 5) is 26.2. The van der Waals surface area contributed by atoms with Gasteiger partial charge in [0.05, 0.1) is 22.8 Å². The molecule has 0 spiro atoms. The molecular weight excluding hydrogens is 426 g/mol. The molecule has 0 unspecified atom stereocenters. The van der Waals surface area contributed by atoms with E-state index in [1.165, 1.54) is 12.8 Å². The standard InChI is InChI=1S/C26H33N7O/c1-14(2)33-17(5)25(34)31(6)20-11-10-19(12-21(20)33)28-26-27-13-15(3)23(29-26)22-16(4)32(7)30-24(22)18-8-9-18/h10-14,17-18H,8-9H2,1-7H3,(H,27,28,29)/t17-/m1/s1. The second-order valence-corrected chi connectivity index (χ2v) is 9.87. The SMILES string of the molecule is Cc1cnc(Nc2ccc3c(c2)N(C(C)C)[C@H](C)C(=O)N3C)nc1-c1c(C2CC2)nn(C)c1C. The molecule has 8 nitrogen and oxygen atoms in total. The molecular formula is C26H33N7O. The van der Waals surface area contributed by atoms with Gasteiger partial charge in [0, 0.05) is 49.2 Å². The highest BCUT2D eigenvalue weighted by atomic mass is 16.2. The van der Waals surface area contributed by atoms with Gasteiger partial charge in [0.1, 0.15) is 6.04 Å². The van der Waals surface area contributed by atoms with Crippen LogP contribution in [0.4, 0.5) is 23.0 Å². The maximum atomic E-state index is 12.7. The number of amides is 1. The van der Waals surface area contributed by atoms with Crippen LogP contribution in [0.3, 0.4) is 0 Å². The van der Waals surface area contributed by atoms with Gasteiger partial charge in [-0.1, -0.05) is 0 Å². The molecule has 2 aromatic heterocycles. The van der Waals surface area contributed by atoms with E-state index in [1.54, 1.807) is 4.90 Å². The second-order valence-electron chi connectivity index (χ2n) is 9.87. The normalized spacial score (nSPS) is 18.0. The monoisotopic (exact) mass is 459 g/mol. The van der Waals surface area contributed by atoms with Gasteiger partial charge in [0.15, 0.2) is 0 Å². The van der Waals surface area contributed by atoms with Crippen LogP contribution in [-0.2, 0) is 11.8 Å². The summed E-state index contributed by atoms with van der Waals surface area (Å²) in [5.41, 5.74) is 8.21. The average molecular weight is 460 g/mol. The molecule has 1 atom stereocenters. The molecule has 1 saturated carbocycles. The van der Waals surface area contributed by atoms with E-state index in [-0.39, 0.29) is 18.0 Å². The fourth-order valence-electron chi connectivity index (χ4n) is 5.00. The first-order valence-corrected chi connectivity index (χ1v) is 12.0. The van der Waals surface area contributed by atoms with Gasteiger partial charge in [-0.05, 0) is 71.2 Å². The lowest BCUT2D eigenvalue weighted by atomic mass is 10.0. The van der Waals surface area contributed by atoms with Gasteiger partial charge in [-0.15, -0.1) is 0 Å². The summed E-state index contributed by atoms with van der Waals surface area (Å²) >= 11 is 0. The molecule has 0 bridgehead atoms. The third-order valence-electron chi connectivity index (χ3n) is 7.07. The summed E-state index contributed by atoms with van der Waals surface area (Å²) in [6.07, 6.45) is 4.26. The number of likely N-dealkylation sites (N-methyl/N-ethyl adjacent to an activating group) is 1. The molecule has 3 aromatic rings. The summed E-state index contributed by atoms with van der Waals surface area (Å²) in [6.45, 7) is 10.3. The van der Waals surface area contributed by atoms with Crippen molar-refractivity contribution in [3.63, 3.8) is 0 Å². The number of fused-ring (bicyclic) bond motifs is 1. The molecule has 1 fully saturated rings.